The van der Waals surface area contributed by atoms with E-state index in [0.717, 1.165) is 30.7 Å². The number of carbonyl (C=O) groups excluding carboxylic acids is 1. The first-order valence-corrected chi connectivity index (χ1v) is 7.16. The molecule has 0 saturated heterocycles. The second-order valence-electron chi connectivity index (χ2n) is 5.36. The summed E-state index contributed by atoms with van der Waals surface area (Å²) in [5.41, 5.74) is 2.15. The van der Waals surface area contributed by atoms with Gasteiger partial charge in [-0.05, 0) is 24.1 Å². The Morgan fingerprint density at radius 2 is 2.43 bits per heavy atom. The molecule has 1 aromatic heterocycles. The van der Waals surface area contributed by atoms with Crippen molar-refractivity contribution >= 4 is 5.91 Å². The third-order valence-electron chi connectivity index (χ3n) is 3.84. The number of methoxy groups -OCH3 is 1. The number of aryl methyl sites for hydroxylation is 1. The highest BCUT2D eigenvalue weighted by molar-refractivity contribution is 5.79. The second-order valence-corrected chi connectivity index (χ2v) is 5.36. The molecule has 5 heteroatoms. The molecule has 0 bridgehead atoms. The Hall–Kier alpha value is -2.30. The van der Waals surface area contributed by atoms with Crippen molar-refractivity contribution in [1.82, 2.24) is 14.9 Å². The largest absolute Gasteiger partial charge is 0.497 e. The molecule has 1 atom stereocenters. The van der Waals surface area contributed by atoms with Crippen molar-refractivity contribution in [3.8, 4) is 5.75 Å². The van der Waals surface area contributed by atoms with E-state index in [2.05, 4.69) is 14.9 Å². The molecular weight excluding hydrogens is 266 g/mol. The normalized spacial score (nSPS) is 17.1. The van der Waals surface area contributed by atoms with Gasteiger partial charge in [0.1, 0.15) is 5.75 Å². The van der Waals surface area contributed by atoms with Crippen molar-refractivity contribution in [3.05, 3.63) is 48.0 Å². The highest BCUT2D eigenvalue weighted by Crippen LogP contribution is 2.15. The van der Waals surface area contributed by atoms with Gasteiger partial charge in [0.05, 0.1) is 19.9 Å². The quantitative estimate of drug-likeness (QED) is 0.927. The molecule has 1 N–H and O–H groups in total. The monoisotopic (exact) mass is 285 g/mol. The summed E-state index contributed by atoms with van der Waals surface area (Å²) in [5.74, 6) is 0.836. The molecule has 1 aromatic carbocycles. The fourth-order valence-corrected chi connectivity index (χ4v) is 2.74. The van der Waals surface area contributed by atoms with Crippen LogP contribution in [0.25, 0.3) is 0 Å². The van der Waals surface area contributed by atoms with Crippen molar-refractivity contribution in [1.29, 1.82) is 0 Å². The Labute approximate surface area is 124 Å². The van der Waals surface area contributed by atoms with Gasteiger partial charge in [-0.3, -0.25) is 4.79 Å². The third kappa shape index (κ3) is 3.24. The summed E-state index contributed by atoms with van der Waals surface area (Å²) < 4.78 is 7.32. The van der Waals surface area contributed by atoms with Crippen LogP contribution in [0.2, 0.25) is 0 Å². The van der Waals surface area contributed by atoms with Crippen molar-refractivity contribution < 1.29 is 9.53 Å². The van der Waals surface area contributed by atoms with E-state index in [9.17, 15) is 4.79 Å². The Morgan fingerprint density at radius 3 is 3.29 bits per heavy atom. The molecule has 21 heavy (non-hydrogen) atoms. The minimum absolute atomic E-state index is 0.0567. The van der Waals surface area contributed by atoms with Crippen LogP contribution in [-0.2, 0) is 24.2 Å². The first kappa shape index (κ1) is 13.7. The number of fused-ring (bicyclic) bond motifs is 1. The van der Waals surface area contributed by atoms with Gasteiger partial charge >= 0.3 is 0 Å². The van der Waals surface area contributed by atoms with Gasteiger partial charge in [-0.15, -0.1) is 0 Å². The van der Waals surface area contributed by atoms with E-state index < -0.39 is 0 Å². The summed E-state index contributed by atoms with van der Waals surface area (Å²) in [6, 6.07) is 7.82. The van der Waals surface area contributed by atoms with E-state index in [-0.39, 0.29) is 11.9 Å². The average Bonchev–Trinajstić information content (AvgIpc) is 2.95. The zero-order valence-corrected chi connectivity index (χ0v) is 12.1. The topological polar surface area (TPSA) is 56.1 Å². The number of hydrogen-bond donors (Lipinski definition) is 1. The summed E-state index contributed by atoms with van der Waals surface area (Å²) in [6.07, 6.45) is 5.91. The number of amides is 1. The predicted molar refractivity (Wildman–Crippen MR) is 79.2 cm³/mol. The van der Waals surface area contributed by atoms with E-state index in [0.29, 0.717) is 6.42 Å². The second kappa shape index (κ2) is 5.99. The first-order valence-electron chi connectivity index (χ1n) is 7.16. The maximum Gasteiger partial charge on any atom is 0.224 e. The summed E-state index contributed by atoms with van der Waals surface area (Å²) in [5, 5.41) is 3.11. The molecule has 2 aromatic rings. The average molecular weight is 285 g/mol. The van der Waals surface area contributed by atoms with Crippen LogP contribution >= 0.6 is 0 Å². The molecule has 0 saturated carbocycles. The molecule has 0 spiro atoms. The molecule has 1 aliphatic heterocycles. The van der Waals surface area contributed by atoms with Gasteiger partial charge in [-0.25, -0.2) is 4.98 Å². The van der Waals surface area contributed by atoms with Gasteiger partial charge < -0.3 is 14.6 Å². The number of nitrogens with one attached hydrogen (secondary N) is 1. The van der Waals surface area contributed by atoms with Crippen LogP contribution in [0.5, 0.6) is 5.75 Å². The number of aromatic nitrogens is 2. The number of nitrogens with zero attached hydrogens (tertiary/aromatic N) is 2. The third-order valence-corrected chi connectivity index (χ3v) is 3.84. The smallest absolute Gasteiger partial charge is 0.224 e. The van der Waals surface area contributed by atoms with Gasteiger partial charge in [-0.2, -0.15) is 0 Å². The fraction of sp³-hybridized carbons (Fsp3) is 0.375. The van der Waals surface area contributed by atoms with Crippen LogP contribution in [-0.4, -0.2) is 28.6 Å². The maximum absolute atomic E-state index is 12.2. The van der Waals surface area contributed by atoms with Gasteiger partial charge in [0.2, 0.25) is 5.91 Å². The van der Waals surface area contributed by atoms with Crippen molar-refractivity contribution in [3.63, 3.8) is 0 Å². The lowest BCUT2D eigenvalue weighted by molar-refractivity contribution is -0.121. The van der Waals surface area contributed by atoms with E-state index in [1.807, 2.05) is 36.8 Å². The molecule has 0 radical (unpaired) electrons. The first-order chi connectivity index (χ1) is 10.2. The lowest BCUT2D eigenvalue weighted by Crippen LogP contribution is -2.40. The standard InChI is InChI=1S/C16H19N3O2/c1-21-15-4-2-3-12(7-15)8-16(20)18-13-5-6-19-11-17-10-14(19)9-13/h2-4,7,10-11,13H,5-6,8-9H2,1H3,(H,18,20). The van der Waals surface area contributed by atoms with Crippen LogP contribution in [0.15, 0.2) is 36.8 Å². The summed E-state index contributed by atoms with van der Waals surface area (Å²) in [6.45, 7) is 0.916. The zero-order chi connectivity index (χ0) is 14.7. The maximum atomic E-state index is 12.2. The molecule has 110 valence electrons. The van der Waals surface area contributed by atoms with Gasteiger partial charge in [0, 0.05) is 30.9 Å². The minimum atomic E-state index is 0.0567. The summed E-state index contributed by atoms with van der Waals surface area (Å²) >= 11 is 0. The van der Waals surface area contributed by atoms with Crippen LogP contribution in [0.3, 0.4) is 0 Å². The van der Waals surface area contributed by atoms with Gasteiger partial charge in [0.25, 0.3) is 0 Å². The van der Waals surface area contributed by atoms with E-state index >= 15 is 0 Å². The highest BCUT2D eigenvalue weighted by atomic mass is 16.5. The minimum Gasteiger partial charge on any atom is -0.497 e. The van der Waals surface area contributed by atoms with Crippen LogP contribution < -0.4 is 10.1 Å². The van der Waals surface area contributed by atoms with Crippen molar-refractivity contribution in [2.24, 2.45) is 0 Å². The Kier molecular flexibility index (Phi) is 3.90. The van der Waals surface area contributed by atoms with Crippen LogP contribution in [0.4, 0.5) is 0 Å². The molecule has 1 aliphatic rings. The zero-order valence-electron chi connectivity index (χ0n) is 12.1. The van der Waals surface area contributed by atoms with Gasteiger partial charge in [-0.1, -0.05) is 12.1 Å². The van der Waals surface area contributed by atoms with Gasteiger partial charge in [0.15, 0.2) is 0 Å². The predicted octanol–water partition coefficient (Wildman–Crippen LogP) is 1.57. The van der Waals surface area contributed by atoms with E-state index in [4.69, 9.17) is 4.74 Å². The Morgan fingerprint density at radius 1 is 1.52 bits per heavy atom. The lowest BCUT2D eigenvalue weighted by atomic mass is 10.0. The number of imidazole rings is 1. The molecule has 5 nitrogen and oxygen atoms in total. The fourth-order valence-electron chi connectivity index (χ4n) is 2.74. The van der Waals surface area contributed by atoms with Crippen LogP contribution in [0.1, 0.15) is 17.7 Å². The molecule has 1 unspecified atom stereocenters. The number of ether oxygens (including phenoxy) is 1. The number of carbonyl (C=O) groups is 1. The van der Waals surface area contributed by atoms with Crippen LogP contribution in [0, 0.1) is 0 Å². The van der Waals surface area contributed by atoms with E-state index in [1.54, 1.807) is 7.11 Å². The summed E-state index contributed by atoms with van der Waals surface area (Å²) in [4.78, 5) is 16.3. The van der Waals surface area contributed by atoms with Crippen molar-refractivity contribution in [2.75, 3.05) is 7.11 Å². The molecular formula is C16H19N3O2. The molecule has 3 rings (SSSR count). The Balaban J connectivity index is 1.57. The summed E-state index contributed by atoms with van der Waals surface area (Å²) in [7, 11) is 1.63. The number of benzene rings is 1. The van der Waals surface area contributed by atoms with E-state index in [1.165, 1.54) is 5.69 Å². The number of hydrogen-bond acceptors (Lipinski definition) is 3. The lowest BCUT2D eigenvalue weighted by Gasteiger charge is -2.24. The highest BCUT2D eigenvalue weighted by Gasteiger charge is 2.20. The molecule has 1 amide bonds. The van der Waals surface area contributed by atoms with Crippen molar-refractivity contribution in [2.45, 2.75) is 31.8 Å². The molecule has 0 fully saturated rings. The number of rotatable bonds is 4. The SMILES string of the molecule is COc1cccc(CC(=O)NC2CCn3cncc3C2)c1. The molecule has 0 aliphatic carbocycles. The molecule has 2 heterocycles. The Bertz CT molecular complexity index is 636.